The number of rotatable bonds is 9. The number of alkyl carbamates (subject to hydrolysis) is 1. The molecule has 0 spiro atoms. The van der Waals surface area contributed by atoms with Crippen LogP contribution in [0.1, 0.15) is 37.3 Å². The summed E-state index contributed by atoms with van der Waals surface area (Å²) in [7, 11) is 1.59. The molecule has 0 radical (unpaired) electrons. The van der Waals surface area contributed by atoms with Gasteiger partial charge in [0.25, 0.3) is 0 Å². The number of nitrogens with one attached hydrogen (secondary N) is 1. The Morgan fingerprint density at radius 2 is 1.56 bits per heavy atom. The maximum atomic E-state index is 12.4. The largest absolute Gasteiger partial charge is 0.481 e. The molecule has 2 aromatic carbocycles. The lowest BCUT2D eigenvalue weighted by atomic mass is 9.98. The van der Waals surface area contributed by atoms with E-state index in [1.165, 1.54) is 16.0 Å². The summed E-state index contributed by atoms with van der Waals surface area (Å²) >= 11 is 0. The Hall–Kier alpha value is -3.35. The second-order valence-corrected chi connectivity index (χ2v) is 8.40. The molecule has 7 heteroatoms. The minimum atomic E-state index is -0.936. The maximum absolute atomic E-state index is 12.4. The Kier molecular flexibility index (Phi) is 7.51. The Labute approximate surface area is 188 Å². The summed E-state index contributed by atoms with van der Waals surface area (Å²) in [6, 6.07) is 16.3. The second kappa shape index (κ2) is 10.3. The Morgan fingerprint density at radius 1 is 1.00 bits per heavy atom. The van der Waals surface area contributed by atoms with Gasteiger partial charge in [0.05, 0.1) is 5.92 Å². The van der Waals surface area contributed by atoms with E-state index in [2.05, 4.69) is 29.6 Å². The van der Waals surface area contributed by atoms with Crippen molar-refractivity contribution in [3.05, 3.63) is 59.7 Å². The van der Waals surface area contributed by atoms with Crippen molar-refractivity contribution >= 4 is 18.0 Å². The van der Waals surface area contributed by atoms with Gasteiger partial charge in [-0.25, -0.2) is 4.79 Å². The molecule has 3 rings (SSSR count). The van der Waals surface area contributed by atoms with Gasteiger partial charge in [0.2, 0.25) is 5.91 Å². The highest BCUT2D eigenvalue weighted by Crippen LogP contribution is 2.44. The minimum Gasteiger partial charge on any atom is -0.481 e. The molecule has 1 aliphatic rings. The van der Waals surface area contributed by atoms with Crippen LogP contribution < -0.4 is 5.32 Å². The molecule has 2 N–H and O–H groups in total. The average molecular weight is 439 g/mol. The number of benzene rings is 2. The molecule has 1 aliphatic carbocycles. The van der Waals surface area contributed by atoms with Crippen molar-refractivity contribution in [3.63, 3.8) is 0 Å². The van der Waals surface area contributed by atoms with Crippen LogP contribution in [0.3, 0.4) is 0 Å². The number of nitrogens with zero attached hydrogens (tertiary/aromatic N) is 1. The summed E-state index contributed by atoms with van der Waals surface area (Å²) in [4.78, 5) is 37.0. The van der Waals surface area contributed by atoms with Gasteiger partial charge in [0.15, 0.2) is 0 Å². The topological polar surface area (TPSA) is 95.9 Å². The predicted molar refractivity (Wildman–Crippen MR) is 121 cm³/mol. The first kappa shape index (κ1) is 23.3. The first-order valence-corrected chi connectivity index (χ1v) is 10.9. The number of carboxylic acid groups (broad SMARTS) is 1. The van der Waals surface area contributed by atoms with E-state index in [9.17, 15) is 14.4 Å². The van der Waals surface area contributed by atoms with E-state index in [-0.39, 0.29) is 30.9 Å². The van der Waals surface area contributed by atoms with E-state index in [1.807, 2.05) is 24.3 Å². The number of amides is 2. The normalized spacial score (nSPS) is 14.1. The van der Waals surface area contributed by atoms with E-state index in [1.54, 1.807) is 20.9 Å². The first-order chi connectivity index (χ1) is 15.3. The molecule has 2 atom stereocenters. The fourth-order valence-electron chi connectivity index (χ4n) is 4.12. The lowest BCUT2D eigenvalue weighted by Gasteiger charge is -2.23. The molecule has 0 saturated heterocycles. The molecule has 0 heterocycles. The van der Waals surface area contributed by atoms with Crippen LogP contribution in [0.4, 0.5) is 4.79 Å². The first-order valence-electron chi connectivity index (χ1n) is 10.9. The van der Waals surface area contributed by atoms with Gasteiger partial charge >= 0.3 is 12.1 Å². The zero-order valence-corrected chi connectivity index (χ0v) is 18.7. The molecule has 170 valence electrons. The smallest absolute Gasteiger partial charge is 0.407 e. The molecule has 2 unspecified atom stereocenters. The highest BCUT2D eigenvalue weighted by atomic mass is 16.5. The summed E-state index contributed by atoms with van der Waals surface area (Å²) in [6.07, 6.45) is -0.0752. The zero-order valence-electron chi connectivity index (χ0n) is 18.7. The van der Waals surface area contributed by atoms with Gasteiger partial charge in [-0.15, -0.1) is 0 Å². The van der Waals surface area contributed by atoms with Gasteiger partial charge in [-0.3, -0.25) is 9.59 Å². The van der Waals surface area contributed by atoms with Crippen molar-refractivity contribution in [2.75, 3.05) is 26.7 Å². The van der Waals surface area contributed by atoms with Crippen molar-refractivity contribution in [2.45, 2.75) is 26.2 Å². The molecular weight excluding hydrogens is 408 g/mol. The van der Waals surface area contributed by atoms with Gasteiger partial charge in [-0.1, -0.05) is 62.4 Å². The Balaban J connectivity index is 1.46. The van der Waals surface area contributed by atoms with Gasteiger partial charge in [-0.2, -0.15) is 0 Å². The highest BCUT2D eigenvalue weighted by molar-refractivity contribution is 5.80. The van der Waals surface area contributed by atoms with Crippen LogP contribution in [0.2, 0.25) is 0 Å². The van der Waals surface area contributed by atoms with Crippen LogP contribution in [0.5, 0.6) is 0 Å². The van der Waals surface area contributed by atoms with Crippen molar-refractivity contribution in [3.8, 4) is 11.1 Å². The molecule has 0 aromatic heterocycles. The molecule has 0 bridgehead atoms. The third kappa shape index (κ3) is 5.28. The maximum Gasteiger partial charge on any atom is 0.407 e. The van der Waals surface area contributed by atoms with Crippen LogP contribution in [0.25, 0.3) is 11.1 Å². The molecule has 2 aromatic rings. The highest BCUT2D eigenvalue weighted by Gasteiger charge is 2.29. The van der Waals surface area contributed by atoms with Crippen LogP contribution in [-0.2, 0) is 14.3 Å². The standard InChI is InChI=1S/C25H30N2O5/c1-16(23(28)27(3)14-17(2)24(29)30)12-13-26-25(31)32-15-22-20-10-6-4-8-18(20)19-9-5-7-11-21(19)22/h4-11,16-17,22H,12-15H2,1-3H3,(H,26,31)(H,29,30). The van der Waals surface area contributed by atoms with E-state index >= 15 is 0 Å². The third-order valence-corrected chi connectivity index (χ3v) is 5.96. The molecule has 2 amide bonds. The van der Waals surface area contributed by atoms with E-state index in [0.717, 1.165) is 11.1 Å². The number of hydrogen-bond acceptors (Lipinski definition) is 4. The molecule has 0 aliphatic heterocycles. The molecule has 0 saturated carbocycles. The quantitative estimate of drug-likeness (QED) is 0.622. The van der Waals surface area contributed by atoms with Crippen LogP contribution in [0, 0.1) is 11.8 Å². The summed E-state index contributed by atoms with van der Waals surface area (Å²) in [5.41, 5.74) is 4.65. The molecule has 7 nitrogen and oxygen atoms in total. The zero-order chi connectivity index (χ0) is 23.3. The van der Waals surface area contributed by atoms with Crippen molar-refractivity contribution < 1.29 is 24.2 Å². The third-order valence-electron chi connectivity index (χ3n) is 5.96. The molecule has 0 fully saturated rings. The average Bonchev–Trinajstić information content (AvgIpc) is 3.10. The fourth-order valence-corrected chi connectivity index (χ4v) is 4.12. The van der Waals surface area contributed by atoms with Crippen molar-refractivity contribution in [2.24, 2.45) is 11.8 Å². The van der Waals surface area contributed by atoms with Crippen molar-refractivity contribution in [1.29, 1.82) is 0 Å². The number of aliphatic carboxylic acids is 1. The van der Waals surface area contributed by atoms with Crippen LogP contribution in [0.15, 0.2) is 48.5 Å². The summed E-state index contributed by atoms with van der Waals surface area (Å²) < 4.78 is 5.50. The number of carbonyl (C=O) groups is 3. The number of fused-ring (bicyclic) bond motifs is 3. The fraction of sp³-hybridized carbons (Fsp3) is 0.400. The number of carboxylic acids is 1. The second-order valence-electron chi connectivity index (χ2n) is 8.40. The van der Waals surface area contributed by atoms with Crippen molar-refractivity contribution in [1.82, 2.24) is 10.2 Å². The minimum absolute atomic E-state index is 0.00136. The van der Waals surface area contributed by atoms with Gasteiger partial charge in [0, 0.05) is 32.0 Å². The molecular formula is C25H30N2O5. The lowest BCUT2D eigenvalue weighted by molar-refractivity contribution is -0.143. The number of carbonyl (C=O) groups excluding carboxylic acids is 2. The number of hydrogen-bond donors (Lipinski definition) is 2. The molecule has 32 heavy (non-hydrogen) atoms. The van der Waals surface area contributed by atoms with Gasteiger partial charge in [0.1, 0.15) is 6.61 Å². The predicted octanol–water partition coefficient (Wildman–Crippen LogP) is 3.73. The van der Waals surface area contributed by atoms with Gasteiger partial charge < -0.3 is 20.1 Å². The summed E-state index contributed by atoms with van der Waals surface area (Å²) in [6.45, 7) is 4.02. The Bertz CT molecular complexity index is 944. The van der Waals surface area contributed by atoms with Crippen LogP contribution in [-0.4, -0.2) is 54.7 Å². The van der Waals surface area contributed by atoms with Gasteiger partial charge in [-0.05, 0) is 28.7 Å². The van der Waals surface area contributed by atoms with E-state index < -0.39 is 18.0 Å². The SMILES string of the molecule is CC(CN(C)C(=O)C(C)CCNC(=O)OCC1c2ccccc2-c2ccccc21)C(=O)O. The summed E-state index contributed by atoms with van der Waals surface area (Å²) in [5.74, 6) is -2.05. The summed E-state index contributed by atoms with van der Waals surface area (Å²) in [5, 5.41) is 11.7. The van der Waals surface area contributed by atoms with E-state index in [0.29, 0.717) is 13.0 Å². The lowest BCUT2D eigenvalue weighted by Crippen LogP contribution is -2.38. The monoisotopic (exact) mass is 438 g/mol. The number of ether oxygens (including phenoxy) is 1. The Morgan fingerprint density at radius 3 is 2.12 bits per heavy atom. The van der Waals surface area contributed by atoms with Crippen LogP contribution >= 0.6 is 0 Å². The van der Waals surface area contributed by atoms with E-state index in [4.69, 9.17) is 9.84 Å².